The number of fused-ring (bicyclic) bond motifs is 9. The minimum atomic E-state index is -4.46. The van der Waals surface area contributed by atoms with Crippen LogP contribution in [0.3, 0.4) is 0 Å². The second-order valence-electron chi connectivity index (χ2n) is 9.73. The van der Waals surface area contributed by atoms with Crippen LogP contribution in [0.5, 0.6) is 0 Å². The fourth-order valence-corrected chi connectivity index (χ4v) is 4.61. The van der Waals surface area contributed by atoms with Crippen molar-refractivity contribution in [1.29, 1.82) is 0 Å². The highest BCUT2D eigenvalue weighted by atomic mass is 127. The maximum absolute atomic E-state index is 16.8. The molecule has 0 aromatic heterocycles. The van der Waals surface area contributed by atoms with E-state index in [9.17, 15) is 0 Å². The third-order valence-electron chi connectivity index (χ3n) is 6.40. The Balaban J connectivity index is 1.62. The van der Waals surface area contributed by atoms with Crippen LogP contribution in [0.2, 0.25) is 0 Å². The summed E-state index contributed by atoms with van der Waals surface area (Å²) in [5, 5.41) is 23.7. The fraction of sp³-hybridized carbons (Fsp3) is 0. The number of hydrogen-bond acceptors (Lipinski definition) is 12. The highest BCUT2D eigenvalue weighted by Crippen LogP contribution is 2.24. The molecule has 18 heteroatoms. The van der Waals surface area contributed by atoms with Gasteiger partial charge in [0.15, 0.2) is 7.44 Å². The molecular weight excluding hydrogens is 854 g/mol. The SMILES string of the molecule is F[B-]12ON=C(I)/C(I)=N/O[B-](F)(O/N=C(c3ccccc3)/C(c3ccccc3)=N/O1)O/N=C(c1ccccc1)/C(c1ccccc1)=N/O2. The molecule has 3 heterocycles. The maximum atomic E-state index is 16.8. The first-order chi connectivity index (χ1) is 23.3. The maximum Gasteiger partial charge on any atom is 0.812 e. The molecule has 4 aromatic carbocycles. The summed E-state index contributed by atoms with van der Waals surface area (Å²) >= 11 is 3.30. The zero-order valence-electron chi connectivity index (χ0n) is 24.3. The Kier molecular flexibility index (Phi) is 10.3. The molecule has 0 saturated carbocycles. The van der Waals surface area contributed by atoms with Gasteiger partial charge < -0.3 is 37.2 Å². The van der Waals surface area contributed by atoms with Crippen molar-refractivity contribution in [1.82, 2.24) is 0 Å². The molecule has 4 aromatic rings. The van der Waals surface area contributed by atoms with Gasteiger partial charge in [-0.1, -0.05) is 121 Å². The average Bonchev–Trinajstić information content (AvgIpc) is 3.13. The standard InChI is InChI=1S/C30H20B2F2I2N6O6/c33-31-43-37-25(21-13-5-1-6-14-21)26(22-15-7-2-8-16-22)38-44-32(34,48-42-30(36)29(35)41-47-31)46-40-28(24-19-11-4-12-20-24)27(39-45-31)23-17-9-3-10-18-23/h1-20H/q-2/b37-25+,38-26+,39-27+,40-28+,41-29-,42-30?. The smallest absolute Gasteiger partial charge is 0.509 e. The summed E-state index contributed by atoms with van der Waals surface area (Å²) in [6, 6.07) is 33.7. The van der Waals surface area contributed by atoms with Crippen LogP contribution in [0.1, 0.15) is 22.3 Å². The molecule has 0 N–H and O–H groups in total. The molecule has 3 aliphatic heterocycles. The van der Waals surface area contributed by atoms with Gasteiger partial charge >= 0.3 is 14.1 Å². The van der Waals surface area contributed by atoms with E-state index in [1.165, 1.54) is 0 Å². The van der Waals surface area contributed by atoms with Crippen LogP contribution in [-0.2, 0) is 28.5 Å². The zero-order valence-corrected chi connectivity index (χ0v) is 28.7. The van der Waals surface area contributed by atoms with Crippen molar-refractivity contribution < 1.29 is 37.2 Å². The number of oxime groups is 6. The number of halogens is 4. The van der Waals surface area contributed by atoms with Gasteiger partial charge in [0.05, 0.1) is 0 Å². The lowest BCUT2D eigenvalue weighted by Crippen LogP contribution is -2.41. The fourth-order valence-electron chi connectivity index (χ4n) is 4.19. The molecule has 0 amide bonds. The van der Waals surface area contributed by atoms with Crippen LogP contribution in [0.15, 0.2) is 152 Å². The first-order valence-corrected chi connectivity index (χ1v) is 16.2. The largest absolute Gasteiger partial charge is 0.812 e. The average molecular weight is 874 g/mol. The van der Waals surface area contributed by atoms with Crippen LogP contribution in [-0.4, -0.2) is 44.3 Å². The van der Waals surface area contributed by atoms with E-state index in [4.69, 9.17) is 28.5 Å². The van der Waals surface area contributed by atoms with Gasteiger partial charge in [0.2, 0.25) is 0 Å². The number of rotatable bonds is 4. The van der Waals surface area contributed by atoms with Crippen LogP contribution in [0.4, 0.5) is 8.63 Å². The summed E-state index contributed by atoms with van der Waals surface area (Å²) in [7, 11) is -8.92. The van der Waals surface area contributed by atoms with E-state index in [1.54, 1.807) is 167 Å². The van der Waals surface area contributed by atoms with Crippen molar-refractivity contribution in [3.05, 3.63) is 144 Å². The highest BCUT2D eigenvalue weighted by molar-refractivity contribution is 14.1. The van der Waals surface area contributed by atoms with Gasteiger partial charge in [-0.15, -0.1) is 30.9 Å². The predicted octanol–water partition coefficient (Wildman–Crippen LogP) is 7.04. The van der Waals surface area contributed by atoms with Gasteiger partial charge in [0, 0.05) is 22.3 Å². The van der Waals surface area contributed by atoms with Crippen molar-refractivity contribution >= 4 is 89.5 Å². The molecule has 0 saturated heterocycles. The topological polar surface area (TPSA) is 130 Å². The molecule has 7 rings (SSSR count). The van der Waals surface area contributed by atoms with E-state index in [0.29, 0.717) is 22.3 Å². The summed E-state index contributed by atoms with van der Waals surface area (Å²) in [6.45, 7) is 0. The van der Waals surface area contributed by atoms with E-state index in [-0.39, 0.29) is 30.3 Å². The van der Waals surface area contributed by atoms with E-state index in [2.05, 4.69) is 30.9 Å². The van der Waals surface area contributed by atoms with E-state index < -0.39 is 14.1 Å². The quantitative estimate of drug-likeness (QED) is 0.160. The molecule has 0 aliphatic carbocycles. The lowest BCUT2D eigenvalue weighted by atomic mass is 10.00. The minimum Gasteiger partial charge on any atom is -0.509 e. The van der Waals surface area contributed by atoms with Crippen LogP contribution in [0.25, 0.3) is 0 Å². The van der Waals surface area contributed by atoms with Crippen molar-refractivity contribution in [2.45, 2.75) is 0 Å². The summed E-state index contributed by atoms with van der Waals surface area (Å²) in [6.07, 6.45) is 0. The molecule has 0 fully saturated rings. The molecular formula is C30H20B2F2I2N6O6-2. The Bertz CT molecular complexity index is 1690. The molecule has 3 aliphatic rings. The van der Waals surface area contributed by atoms with Gasteiger partial charge in [0.25, 0.3) is 0 Å². The second-order valence-corrected chi connectivity index (χ2v) is 11.8. The van der Waals surface area contributed by atoms with Crippen molar-refractivity contribution in [3.63, 3.8) is 0 Å². The monoisotopic (exact) mass is 874 g/mol. The predicted molar refractivity (Wildman–Crippen MR) is 195 cm³/mol. The number of nitrogens with zero attached hydrogens (tertiary/aromatic N) is 6. The van der Waals surface area contributed by atoms with E-state index >= 15 is 8.63 Å². The highest BCUT2D eigenvalue weighted by Gasteiger charge is 2.44. The molecule has 12 nitrogen and oxygen atoms in total. The lowest BCUT2D eigenvalue weighted by molar-refractivity contribution is 0.0223. The number of benzene rings is 4. The molecule has 48 heavy (non-hydrogen) atoms. The zero-order chi connectivity index (χ0) is 33.4. The van der Waals surface area contributed by atoms with Gasteiger partial charge in [-0.3, -0.25) is 0 Å². The summed E-state index contributed by atoms with van der Waals surface area (Å²) < 4.78 is 65.2. The number of hydrogen-bond donors (Lipinski definition) is 0. The molecule has 242 valence electrons. The van der Waals surface area contributed by atoms with Gasteiger partial charge in [-0.05, 0) is 45.2 Å². The molecule has 0 spiro atoms. The van der Waals surface area contributed by atoms with Gasteiger partial charge in [-0.25, -0.2) is 0 Å². The minimum absolute atomic E-state index is 0.0990. The second kappa shape index (κ2) is 14.9. The Hall–Kier alpha value is -4.85. The molecule has 2 bridgehead atoms. The third kappa shape index (κ3) is 7.98. The lowest BCUT2D eigenvalue weighted by Gasteiger charge is -2.30. The van der Waals surface area contributed by atoms with Crippen molar-refractivity contribution in [3.8, 4) is 0 Å². The van der Waals surface area contributed by atoms with Gasteiger partial charge in [-0.2, -0.15) is 0 Å². The van der Waals surface area contributed by atoms with E-state index in [0.717, 1.165) is 0 Å². The first kappa shape index (κ1) is 33.1. The van der Waals surface area contributed by atoms with Crippen LogP contribution < -0.4 is 0 Å². The summed E-state index contributed by atoms with van der Waals surface area (Å²) in [5.74, 6) is 0. The molecule has 0 unspecified atom stereocenters. The van der Waals surface area contributed by atoms with Crippen LogP contribution in [0, 0.1) is 0 Å². The molecule has 0 atom stereocenters. The van der Waals surface area contributed by atoms with E-state index in [1.807, 2.05) is 0 Å². The summed E-state index contributed by atoms with van der Waals surface area (Å²) in [5.41, 5.74) is 0.967. The Labute approximate surface area is 299 Å². The summed E-state index contributed by atoms with van der Waals surface area (Å²) in [4.78, 5) is 0. The van der Waals surface area contributed by atoms with Crippen LogP contribution >= 0.6 is 45.2 Å². The molecule has 0 radical (unpaired) electrons. The third-order valence-corrected chi connectivity index (χ3v) is 8.85. The van der Waals surface area contributed by atoms with Crippen molar-refractivity contribution in [2.75, 3.05) is 0 Å². The van der Waals surface area contributed by atoms with Crippen molar-refractivity contribution in [2.24, 2.45) is 30.9 Å². The van der Waals surface area contributed by atoms with Gasteiger partial charge in [0.1, 0.15) is 22.8 Å². The Morgan fingerprint density at radius 2 is 0.562 bits per heavy atom. The normalized spacial score (nSPS) is 27.0. The first-order valence-electron chi connectivity index (χ1n) is 14.1. The Morgan fingerprint density at radius 1 is 0.354 bits per heavy atom. The Morgan fingerprint density at radius 3 is 0.792 bits per heavy atom.